The first-order valence-electron chi connectivity index (χ1n) is 5.59. The summed E-state index contributed by atoms with van der Waals surface area (Å²) in [5.74, 6) is 0.857. The molecule has 0 aromatic heterocycles. The number of nitrogens with two attached hydrogens (primary N) is 1. The number of ether oxygens (including phenoxy) is 1. The Morgan fingerprint density at radius 2 is 1.76 bits per heavy atom. The molecule has 17 heavy (non-hydrogen) atoms. The Morgan fingerprint density at radius 3 is 2.47 bits per heavy atom. The summed E-state index contributed by atoms with van der Waals surface area (Å²) in [5, 5.41) is 2.36. The van der Waals surface area contributed by atoms with Gasteiger partial charge in [0, 0.05) is 11.0 Å². The van der Waals surface area contributed by atoms with Gasteiger partial charge in [-0.2, -0.15) is 0 Å². The minimum Gasteiger partial charge on any atom is -0.487 e. The van der Waals surface area contributed by atoms with E-state index in [4.69, 9.17) is 10.5 Å². The van der Waals surface area contributed by atoms with Crippen LogP contribution in [0, 0.1) is 0 Å². The minimum atomic E-state index is -0.330. The smallest absolute Gasteiger partial charge is 0.120 e. The lowest BCUT2D eigenvalue weighted by Gasteiger charge is -2.24. The second-order valence-electron chi connectivity index (χ2n) is 4.72. The molecule has 0 spiro atoms. The second kappa shape index (κ2) is 4.67. The third-order valence-electron chi connectivity index (χ3n) is 2.66. The molecule has 0 aliphatic heterocycles. The number of benzene rings is 2. The van der Waals surface area contributed by atoms with Crippen molar-refractivity contribution in [3.8, 4) is 5.75 Å². The van der Waals surface area contributed by atoms with Gasteiger partial charge in [0.2, 0.25) is 0 Å². The molecule has 2 aromatic rings. The molecule has 2 N–H and O–H groups in total. The Kier molecular flexibility index (Phi) is 3.40. The lowest BCUT2D eigenvalue weighted by Crippen LogP contribution is -2.37. The molecule has 0 atom stereocenters. The molecule has 0 unspecified atom stereocenters. The van der Waals surface area contributed by atoms with Gasteiger partial charge in [-0.05, 0) is 48.9 Å². The standard InChI is InChI=1S/C14H16BrNO/c1-14(2,9-16)17-13-6-4-10-7-12(15)5-3-11(10)8-13/h3-8H,9,16H2,1-2H3. The van der Waals surface area contributed by atoms with E-state index in [1.165, 1.54) is 10.8 Å². The highest BCUT2D eigenvalue weighted by Gasteiger charge is 2.17. The third-order valence-corrected chi connectivity index (χ3v) is 3.15. The molecule has 0 radical (unpaired) electrons. The number of halogens is 1. The molecule has 90 valence electrons. The summed E-state index contributed by atoms with van der Waals surface area (Å²) in [6.07, 6.45) is 0. The molecule has 0 amide bonds. The van der Waals surface area contributed by atoms with Crippen LogP contribution in [0.4, 0.5) is 0 Å². The number of fused-ring (bicyclic) bond motifs is 1. The maximum absolute atomic E-state index is 5.85. The molecule has 2 rings (SSSR count). The highest BCUT2D eigenvalue weighted by molar-refractivity contribution is 9.10. The molecule has 3 heteroatoms. The summed E-state index contributed by atoms with van der Waals surface area (Å²) < 4.78 is 6.94. The number of rotatable bonds is 3. The number of hydrogen-bond acceptors (Lipinski definition) is 2. The SMILES string of the molecule is CC(C)(CN)Oc1ccc2cc(Br)ccc2c1. The maximum Gasteiger partial charge on any atom is 0.120 e. The van der Waals surface area contributed by atoms with Gasteiger partial charge in [0.1, 0.15) is 11.4 Å². The first-order chi connectivity index (χ1) is 8.00. The van der Waals surface area contributed by atoms with E-state index in [2.05, 4.69) is 34.1 Å². The Balaban J connectivity index is 2.35. The first kappa shape index (κ1) is 12.4. The van der Waals surface area contributed by atoms with Crippen LogP contribution < -0.4 is 10.5 Å². The zero-order valence-electron chi connectivity index (χ0n) is 10.0. The fourth-order valence-electron chi connectivity index (χ4n) is 1.62. The van der Waals surface area contributed by atoms with E-state index in [0.29, 0.717) is 6.54 Å². The second-order valence-corrected chi connectivity index (χ2v) is 5.63. The van der Waals surface area contributed by atoms with Crippen LogP contribution in [0.25, 0.3) is 10.8 Å². The summed E-state index contributed by atoms with van der Waals surface area (Å²) in [7, 11) is 0. The van der Waals surface area contributed by atoms with Gasteiger partial charge in [0.05, 0.1) is 0 Å². The molecule has 0 saturated heterocycles. The highest BCUT2D eigenvalue weighted by Crippen LogP contribution is 2.26. The third kappa shape index (κ3) is 2.99. The van der Waals surface area contributed by atoms with E-state index in [1.807, 2.05) is 32.0 Å². The zero-order chi connectivity index (χ0) is 12.5. The van der Waals surface area contributed by atoms with Gasteiger partial charge < -0.3 is 10.5 Å². The molecule has 0 aliphatic rings. The van der Waals surface area contributed by atoms with Crippen molar-refractivity contribution >= 4 is 26.7 Å². The van der Waals surface area contributed by atoms with Crippen molar-refractivity contribution in [2.24, 2.45) is 5.73 Å². The van der Waals surface area contributed by atoms with Gasteiger partial charge in [-0.1, -0.05) is 28.1 Å². The molecular weight excluding hydrogens is 278 g/mol. The lowest BCUT2D eigenvalue weighted by molar-refractivity contribution is 0.119. The van der Waals surface area contributed by atoms with Crippen molar-refractivity contribution in [3.05, 3.63) is 40.9 Å². The highest BCUT2D eigenvalue weighted by atomic mass is 79.9. The Morgan fingerprint density at radius 1 is 1.12 bits per heavy atom. The topological polar surface area (TPSA) is 35.2 Å². The molecule has 0 saturated carbocycles. The van der Waals surface area contributed by atoms with Crippen LogP contribution in [0.3, 0.4) is 0 Å². The molecule has 0 aliphatic carbocycles. The molecule has 2 nitrogen and oxygen atoms in total. The summed E-state index contributed by atoms with van der Waals surface area (Å²) in [6, 6.07) is 12.3. The van der Waals surface area contributed by atoms with E-state index in [0.717, 1.165) is 10.2 Å². The van der Waals surface area contributed by atoms with Crippen LogP contribution in [-0.4, -0.2) is 12.1 Å². The Labute approximate surface area is 110 Å². The van der Waals surface area contributed by atoms with Gasteiger partial charge in [-0.3, -0.25) is 0 Å². The van der Waals surface area contributed by atoms with Crippen LogP contribution in [-0.2, 0) is 0 Å². The van der Waals surface area contributed by atoms with Crippen molar-refractivity contribution < 1.29 is 4.74 Å². The average Bonchev–Trinajstić information content (AvgIpc) is 2.29. The van der Waals surface area contributed by atoms with E-state index in [-0.39, 0.29) is 5.60 Å². The van der Waals surface area contributed by atoms with E-state index in [1.54, 1.807) is 0 Å². The fraction of sp³-hybridized carbons (Fsp3) is 0.286. The van der Waals surface area contributed by atoms with Crippen LogP contribution in [0.5, 0.6) is 5.75 Å². The van der Waals surface area contributed by atoms with Crippen LogP contribution in [0.15, 0.2) is 40.9 Å². The van der Waals surface area contributed by atoms with Gasteiger partial charge in [-0.15, -0.1) is 0 Å². The molecule has 2 aromatic carbocycles. The molecular formula is C14H16BrNO. The molecule has 0 bridgehead atoms. The largest absolute Gasteiger partial charge is 0.487 e. The van der Waals surface area contributed by atoms with E-state index < -0.39 is 0 Å². The quantitative estimate of drug-likeness (QED) is 0.936. The first-order valence-corrected chi connectivity index (χ1v) is 6.38. The van der Waals surface area contributed by atoms with Crippen LogP contribution in [0.1, 0.15) is 13.8 Å². The normalized spacial score (nSPS) is 11.8. The maximum atomic E-state index is 5.85. The average molecular weight is 294 g/mol. The Bertz CT molecular complexity index is 537. The van der Waals surface area contributed by atoms with Gasteiger partial charge in [-0.25, -0.2) is 0 Å². The summed E-state index contributed by atoms with van der Waals surface area (Å²) >= 11 is 3.46. The predicted octanol–water partition coefficient (Wildman–Crippen LogP) is 3.72. The van der Waals surface area contributed by atoms with Crippen molar-refractivity contribution in [1.29, 1.82) is 0 Å². The molecule has 0 heterocycles. The van der Waals surface area contributed by atoms with Crippen molar-refractivity contribution in [1.82, 2.24) is 0 Å². The van der Waals surface area contributed by atoms with Gasteiger partial charge >= 0.3 is 0 Å². The summed E-state index contributed by atoms with van der Waals surface area (Å²) in [4.78, 5) is 0. The van der Waals surface area contributed by atoms with Crippen molar-refractivity contribution in [2.45, 2.75) is 19.4 Å². The van der Waals surface area contributed by atoms with Crippen molar-refractivity contribution in [2.75, 3.05) is 6.54 Å². The van der Waals surface area contributed by atoms with Gasteiger partial charge in [0.15, 0.2) is 0 Å². The lowest BCUT2D eigenvalue weighted by atomic mass is 10.1. The van der Waals surface area contributed by atoms with E-state index in [9.17, 15) is 0 Å². The van der Waals surface area contributed by atoms with Crippen LogP contribution in [0.2, 0.25) is 0 Å². The fourth-order valence-corrected chi connectivity index (χ4v) is 2.00. The summed E-state index contributed by atoms with van der Waals surface area (Å²) in [5.41, 5.74) is 5.33. The minimum absolute atomic E-state index is 0.330. The van der Waals surface area contributed by atoms with Crippen molar-refractivity contribution in [3.63, 3.8) is 0 Å². The van der Waals surface area contributed by atoms with E-state index >= 15 is 0 Å². The zero-order valence-corrected chi connectivity index (χ0v) is 11.6. The molecule has 0 fully saturated rings. The number of hydrogen-bond donors (Lipinski definition) is 1. The predicted molar refractivity (Wildman–Crippen MR) is 75.4 cm³/mol. The Hall–Kier alpha value is -1.06. The van der Waals surface area contributed by atoms with Crippen LogP contribution >= 0.6 is 15.9 Å². The summed E-state index contributed by atoms with van der Waals surface area (Å²) in [6.45, 7) is 4.46. The monoisotopic (exact) mass is 293 g/mol. The van der Waals surface area contributed by atoms with Gasteiger partial charge in [0.25, 0.3) is 0 Å².